The summed E-state index contributed by atoms with van der Waals surface area (Å²) in [6.45, 7) is 0. The molecule has 1 saturated carbocycles. The molecule has 7 nitrogen and oxygen atoms in total. The zero-order chi connectivity index (χ0) is 14.0. The number of phenolic OH excluding ortho intramolecular Hbond substituents is 1. The van der Waals surface area contributed by atoms with Gasteiger partial charge in [0.25, 0.3) is 5.69 Å². The summed E-state index contributed by atoms with van der Waals surface area (Å²) in [7, 11) is 0. The van der Waals surface area contributed by atoms with Crippen molar-refractivity contribution in [2.45, 2.75) is 25.3 Å². The first kappa shape index (κ1) is 13.3. The van der Waals surface area contributed by atoms with Crippen molar-refractivity contribution >= 4 is 17.3 Å². The summed E-state index contributed by atoms with van der Waals surface area (Å²) < 4.78 is 0. The number of rotatable bonds is 5. The summed E-state index contributed by atoms with van der Waals surface area (Å²) in [6.07, 6.45) is 2.21. The second kappa shape index (κ2) is 5.23. The van der Waals surface area contributed by atoms with Crippen LogP contribution in [0.2, 0.25) is 0 Å². The predicted octanol–water partition coefficient (Wildman–Crippen LogP) is 1.37. The molecule has 1 aliphatic rings. The van der Waals surface area contributed by atoms with Gasteiger partial charge in [-0.2, -0.15) is 0 Å². The molecular formula is C12H15N3O4. The maximum absolute atomic E-state index is 11.7. The van der Waals surface area contributed by atoms with Crippen molar-refractivity contribution in [2.75, 3.05) is 5.32 Å². The molecule has 1 fully saturated rings. The summed E-state index contributed by atoms with van der Waals surface area (Å²) >= 11 is 0. The highest BCUT2D eigenvalue weighted by Gasteiger charge is 2.30. The summed E-state index contributed by atoms with van der Waals surface area (Å²) in [5.74, 6) is -0.187. The molecule has 1 amide bonds. The summed E-state index contributed by atoms with van der Waals surface area (Å²) in [4.78, 5) is 21.9. The Balaban J connectivity index is 2.05. The number of phenols is 1. The van der Waals surface area contributed by atoms with Crippen LogP contribution in [0.1, 0.15) is 19.3 Å². The minimum atomic E-state index is -0.657. The molecule has 19 heavy (non-hydrogen) atoms. The Morgan fingerprint density at radius 1 is 1.58 bits per heavy atom. The quantitative estimate of drug-likeness (QED) is 0.422. The zero-order valence-corrected chi connectivity index (χ0v) is 10.2. The van der Waals surface area contributed by atoms with E-state index in [1.807, 2.05) is 0 Å². The van der Waals surface area contributed by atoms with E-state index >= 15 is 0 Å². The van der Waals surface area contributed by atoms with Crippen molar-refractivity contribution in [1.82, 2.24) is 0 Å². The van der Waals surface area contributed by atoms with Crippen LogP contribution in [0.25, 0.3) is 0 Å². The van der Waals surface area contributed by atoms with Gasteiger partial charge in [0.1, 0.15) is 11.4 Å². The number of hydrogen-bond acceptors (Lipinski definition) is 5. The fourth-order valence-electron chi connectivity index (χ4n) is 1.88. The first-order chi connectivity index (χ1) is 8.97. The normalized spacial score (nSPS) is 15.8. The largest absolute Gasteiger partial charge is 0.508 e. The number of nitrogens with zero attached hydrogens (tertiary/aromatic N) is 1. The number of aromatic hydroxyl groups is 1. The molecule has 102 valence electrons. The Labute approximate surface area is 109 Å². The van der Waals surface area contributed by atoms with E-state index in [4.69, 9.17) is 5.73 Å². The Kier molecular flexibility index (Phi) is 3.66. The molecule has 0 aliphatic heterocycles. The van der Waals surface area contributed by atoms with Crippen LogP contribution in [0.15, 0.2) is 18.2 Å². The number of nitrogens with one attached hydrogen (secondary N) is 1. The van der Waals surface area contributed by atoms with Gasteiger partial charge in [-0.1, -0.05) is 0 Å². The molecule has 0 radical (unpaired) electrons. The average molecular weight is 265 g/mol. The van der Waals surface area contributed by atoms with Gasteiger partial charge in [-0.25, -0.2) is 0 Å². The summed E-state index contributed by atoms with van der Waals surface area (Å²) in [5.41, 5.74) is 5.55. The number of nitro benzene ring substituents is 1. The van der Waals surface area contributed by atoms with Gasteiger partial charge in [-0.3, -0.25) is 14.9 Å². The van der Waals surface area contributed by atoms with Gasteiger partial charge in [0, 0.05) is 12.5 Å². The van der Waals surface area contributed by atoms with Gasteiger partial charge in [-0.15, -0.1) is 0 Å². The maximum Gasteiger partial charge on any atom is 0.296 e. The molecule has 1 unspecified atom stereocenters. The molecule has 7 heteroatoms. The van der Waals surface area contributed by atoms with E-state index in [1.165, 1.54) is 12.1 Å². The van der Waals surface area contributed by atoms with E-state index in [9.17, 15) is 20.0 Å². The lowest BCUT2D eigenvalue weighted by atomic mass is 10.1. The number of nitro groups is 1. The van der Waals surface area contributed by atoms with Crippen LogP contribution in [0.4, 0.5) is 11.4 Å². The van der Waals surface area contributed by atoms with Gasteiger partial charge in [0.05, 0.1) is 11.0 Å². The van der Waals surface area contributed by atoms with Crippen LogP contribution in [-0.2, 0) is 4.79 Å². The van der Waals surface area contributed by atoms with Crippen LogP contribution in [0.3, 0.4) is 0 Å². The summed E-state index contributed by atoms with van der Waals surface area (Å²) in [5, 5.41) is 22.5. The molecule has 2 rings (SSSR count). The number of amides is 1. The lowest BCUT2D eigenvalue weighted by Gasteiger charge is -2.10. The number of carbonyl (C=O) groups excluding carboxylic acids is 1. The highest BCUT2D eigenvalue weighted by atomic mass is 16.6. The Morgan fingerprint density at radius 2 is 2.26 bits per heavy atom. The van der Waals surface area contributed by atoms with Crippen LogP contribution in [-0.4, -0.2) is 22.0 Å². The minimum absolute atomic E-state index is 0.0656. The van der Waals surface area contributed by atoms with E-state index in [0.717, 1.165) is 18.9 Å². The highest BCUT2D eigenvalue weighted by molar-refractivity contribution is 5.93. The van der Waals surface area contributed by atoms with Gasteiger partial charge in [0.15, 0.2) is 0 Å². The second-order valence-electron chi connectivity index (χ2n) is 4.71. The van der Waals surface area contributed by atoms with E-state index in [1.54, 1.807) is 0 Å². The predicted molar refractivity (Wildman–Crippen MR) is 68.7 cm³/mol. The molecule has 0 bridgehead atoms. The van der Waals surface area contributed by atoms with Crippen molar-refractivity contribution in [3.63, 3.8) is 0 Å². The van der Waals surface area contributed by atoms with Crippen LogP contribution < -0.4 is 11.1 Å². The fraction of sp³-hybridized carbons (Fsp3) is 0.417. The van der Waals surface area contributed by atoms with Gasteiger partial charge in [-0.05, 0) is 30.9 Å². The van der Waals surface area contributed by atoms with E-state index in [2.05, 4.69) is 5.32 Å². The minimum Gasteiger partial charge on any atom is -0.508 e. The first-order valence-electron chi connectivity index (χ1n) is 6.00. The lowest BCUT2D eigenvalue weighted by Crippen LogP contribution is -2.29. The standard InChI is InChI=1S/C12H15N3O4/c13-9(7-1-2-7)6-12(17)14-10-4-3-8(16)5-11(10)15(18)19/h3-5,7,9,16H,1-2,6,13H2,(H,14,17). The fourth-order valence-corrected chi connectivity index (χ4v) is 1.88. The van der Waals surface area contributed by atoms with Crippen LogP contribution in [0, 0.1) is 16.0 Å². The maximum atomic E-state index is 11.7. The van der Waals surface area contributed by atoms with Gasteiger partial charge < -0.3 is 16.2 Å². The van der Waals surface area contributed by atoms with Crippen molar-refractivity contribution in [1.29, 1.82) is 0 Å². The smallest absolute Gasteiger partial charge is 0.296 e. The summed E-state index contributed by atoms with van der Waals surface area (Å²) in [6, 6.07) is 3.38. The van der Waals surface area contributed by atoms with Gasteiger partial charge >= 0.3 is 0 Å². The third-order valence-electron chi connectivity index (χ3n) is 3.10. The molecule has 4 N–H and O–H groups in total. The Morgan fingerprint density at radius 3 is 2.84 bits per heavy atom. The van der Waals surface area contributed by atoms with E-state index in [0.29, 0.717) is 5.92 Å². The van der Waals surface area contributed by atoms with Crippen LogP contribution >= 0.6 is 0 Å². The number of hydrogen-bond donors (Lipinski definition) is 3. The highest BCUT2D eigenvalue weighted by Crippen LogP contribution is 2.33. The van der Waals surface area contributed by atoms with Gasteiger partial charge in [0.2, 0.25) is 5.91 Å². The lowest BCUT2D eigenvalue weighted by molar-refractivity contribution is -0.384. The van der Waals surface area contributed by atoms with Crippen molar-refractivity contribution in [3.05, 3.63) is 28.3 Å². The third kappa shape index (κ3) is 3.41. The molecule has 0 aromatic heterocycles. The van der Waals surface area contributed by atoms with E-state index < -0.39 is 4.92 Å². The molecular weight excluding hydrogens is 250 g/mol. The molecule has 1 aromatic rings. The number of benzene rings is 1. The molecule has 1 aromatic carbocycles. The van der Waals surface area contributed by atoms with Crippen molar-refractivity contribution in [3.8, 4) is 5.75 Å². The molecule has 0 spiro atoms. The number of carbonyl (C=O) groups is 1. The van der Waals surface area contributed by atoms with Crippen molar-refractivity contribution < 1.29 is 14.8 Å². The third-order valence-corrected chi connectivity index (χ3v) is 3.10. The molecule has 0 heterocycles. The second-order valence-corrected chi connectivity index (χ2v) is 4.71. The van der Waals surface area contributed by atoms with Crippen LogP contribution in [0.5, 0.6) is 5.75 Å². The molecule has 1 atom stereocenters. The Bertz CT molecular complexity index is 514. The zero-order valence-electron chi connectivity index (χ0n) is 10.2. The molecule has 1 aliphatic carbocycles. The SMILES string of the molecule is NC(CC(=O)Nc1ccc(O)cc1[N+](=O)[O-])C1CC1. The van der Waals surface area contributed by atoms with E-state index in [-0.39, 0.29) is 35.5 Å². The number of anilines is 1. The monoisotopic (exact) mass is 265 g/mol. The van der Waals surface area contributed by atoms with Crippen molar-refractivity contribution in [2.24, 2.45) is 11.7 Å². The number of nitrogens with two attached hydrogens (primary N) is 1. The first-order valence-corrected chi connectivity index (χ1v) is 6.00. The molecule has 0 saturated heterocycles. The average Bonchev–Trinajstić information content (AvgIpc) is 3.15. The Hall–Kier alpha value is -2.15. The topological polar surface area (TPSA) is 118 Å².